The van der Waals surface area contributed by atoms with Crippen LogP contribution in [0, 0.1) is 5.92 Å². The molecule has 0 aliphatic carbocycles. The minimum atomic E-state index is -0.0742. The molecule has 130 valence electrons. The number of aromatic nitrogens is 2. The molecule has 25 heavy (non-hydrogen) atoms. The summed E-state index contributed by atoms with van der Waals surface area (Å²) in [6.07, 6.45) is 2.33. The highest BCUT2D eigenvalue weighted by molar-refractivity contribution is 9.10. The average Bonchev–Trinajstić information content (AvgIpc) is 2.64. The Hall–Kier alpha value is -1.99. The maximum absolute atomic E-state index is 12.4. The number of amides is 1. The van der Waals surface area contributed by atoms with Crippen molar-refractivity contribution in [1.29, 1.82) is 0 Å². The number of piperidine rings is 1. The van der Waals surface area contributed by atoms with Crippen LogP contribution in [-0.2, 0) is 4.79 Å². The Kier molecular flexibility index (Phi) is 5.65. The minimum Gasteiger partial charge on any atom is -0.371 e. The van der Waals surface area contributed by atoms with Crippen LogP contribution in [0.1, 0.15) is 23.2 Å². The van der Waals surface area contributed by atoms with Crippen molar-refractivity contribution in [3.05, 3.63) is 45.5 Å². The van der Waals surface area contributed by atoms with E-state index in [1.165, 1.54) is 0 Å². The lowest BCUT2D eigenvalue weighted by Gasteiger charge is -2.33. The molecule has 2 aromatic rings. The average molecular weight is 424 g/mol. The first-order valence-electron chi connectivity index (χ1n) is 7.86. The third kappa shape index (κ3) is 4.35. The van der Waals surface area contributed by atoms with Gasteiger partial charge < -0.3 is 10.2 Å². The molecule has 2 heterocycles. The number of anilines is 2. The Bertz CT molecular complexity index is 777. The lowest BCUT2D eigenvalue weighted by atomic mass is 9.95. The number of nitrogens with zero attached hydrogens (tertiary/aromatic N) is 3. The Morgan fingerprint density at radius 2 is 1.92 bits per heavy atom. The smallest absolute Gasteiger partial charge is 0.228 e. The highest BCUT2D eigenvalue weighted by Crippen LogP contribution is 2.26. The zero-order chi connectivity index (χ0) is 17.8. The number of halogens is 2. The number of nitrogens with one attached hydrogen (secondary N) is 1. The molecule has 8 heteroatoms. The molecule has 1 aromatic carbocycles. The van der Waals surface area contributed by atoms with E-state index in [4.69, 9.17) is 11.6 Å². The van der Waals surface area contributed by atoms with Gasteiger partial charge in [-0.1, -0.05) is 11.6 Å². The van der Waals surface area contributed by atoms with Gasteiger partial charge in [0.15, 0.2) is 11.0 Å². The van der Waals surface area contributed by atoms with Gasteiger partial charge in [-0.25, -0.2) is 0 Å². The first-order valence-corrected chi connectivity index (χ1v) is 9.03. The van der Waals surface area contributed by atoms with E-state index in [2.05, 4.69) is 36.3 Å². The molecular weight excluding hydrogens is 408 g/mol. The lowest BCUT2D eigenvalue weighted by Crippen LogP contribution is -2.38. The maximum atomic E-state index is 12.4. The van der Waals surface area contributed by atoms with Crippen molar-refractivity contribution in [1.82, 2.24) is 10.2 Å². The van der Waals surface area contributed by atoms with Gasteiger partial charge in [0.2, 0.25) is 5.91 Å². The topological polar surface area (TPSA) is 75.2 Å². The van der Waals surface area contributed by atoms with E-state index in [1.807, 2.05) is 12.1 Å². The quantitative estimate of drug-likeness (QED) is 0.761. The molecule has 1 aliphatic rings. The van der Waals surface area contributed by atoms with E-state index in [9.17, 15) is 9.59 Å². The fourth-order valence-electron chi connectivity index (χ4n) is 2.81. The Morgan fingerprint density at radius 3 is 2.52 bits per heavy atom. The number of aldehydes is 1. The molecule has 1 N–H and O–H groups in total. The minimum absolute atomic E-state index is 0.0618. The SMILES string of the molecule is O=Cc1ccc(N2CCC(C(=O)Nc3nnc(Cl)cc3Br)CC2)cc1. The molecular formula is C17H16BrClN4O2. The van der Waals surface area contributed by atoms with Crippen molar-refractivity contribution >= 4 is 51.2 Å². The summed E-state index contributed by atoms with van der Waals surface area (Å²) in [5.74, 6) is 0.240. The second-order valence-electron chi connectivity index (χ2n) is 5.82. The first-order chi connectivity index (χ1) is 12.1. The zero-order valence-electron chi connectivity index (χ0n) is 13.3. The standard InChI is InChI=1S/C17H16BrClN4O2/c18-14-9-15(19)21-22-16(14)20-17(25)12-5-7-23(8-6-12)13-3-1-11(10-24)2-4-13/h1-4,9-10,12H,5-8H2,(H,20,22,25). The number of hydrogen-bond donors (Lipinski definition) is 1. The van der Waals surface area contributed by atoms with Crippen LogP contribution in [0.15, 0.2) is 34.8 Å². The van der Waals surface area contributed by atoms with Crippen LogP contribution in [0.3, 0.4) is 0 Å². The van der Waals surface area contributed by atoms with Crippen molar-refractivity contribution in [2.24, 2.45) is 5.92 Å². The Labute approximate surface area is 158 Å². The van der Waals surface area contributed by atoms with E-state index < -0.39 is 0 Å². The van der Waals surface area contributed by atoms with Gasteiger partial charge in [-0.3, -0.25) is 9.59 Å². The van der Waals surface area contributed by atoms with Crippen LogP contribution >= 0.6 is 27.5 Å². The van der Waals surface area contributed by atoms with E-state index in [1.54, 1.807) is 18.2 Å². The van der Waals surface area contributed by atoms with Crippen LogP contribution in [0.2, 0.25) is 5.15 Å². The van der Waals surface area contributed by atoms with Crippen molar-refractivity contribution in [2.75, 3.05) is 23.3 Å². The van der Waals surface area contributed by atoms with Gasteiger partial charge in [-0.05, 0) is 59.1 Å². The van der Waals surface area contributed by atoms with Crippen LogP contribution in [-0.4, -0.2) is 35.5 Å². The Balaban J connectivity index is 1.57. The monoisotopic (exact) mass is 422 g/mol. The molecule has 0 unspecified atom stereocenters. The summed E-state index contributed by atoms with van der Waals surface area (Å²) >= 11 is 9.07. The maximum Gasteiger partial charge on any atom is 0.228 e. The molecule has 3 rings (SSSR count). The number of benzene rings is 1. The zero-order valence-corrected chi connectivity index (χ0v) is 15.6. The Morgan fingerprint density at radius 1 is 1.24 bits per heavy atom. The van der Waals surface area contributed by atoms with E-state index >= 15 is 0 Å². The second kappa shape index (κ2) is 7.93. The van der Waals surface area contributed by atoms with Gasteiger partial charge in [0.25, 0.3) is 0 Å². The second-order valence-corrected chi connectivity index (χ2v) is 7.07. The number of carbonyl (C=O) groups excluding carboxylic acids is 2. The van der Waals surface area contributed by atoms with Crippen LogP contribution in [0.5, 0.6) is 0 Å². The molecule has 1 aliphatic heterocycles. The molecule has 0 bridgehead atoms. The summed E-state index contributed by atoms with van der Waals surface area (Å²) in [4.78, 5) is 25.4. The van der Waals surface area contributed by atoms with Gasteiger partial charge in [0.05, 0.1) is 4.47 Å². The van der Waals surface area contributed by atoms with Gasteiger partial charge in [0.1, 0.15) is 6.29 Å². The first kappa shape index (κ1) is 17.8. The van der Waals surface area contributed by atoms with E-state index in [-0.39, 0.29) is 17.0 Å². The fraction of sp³-hybridized carbons (Fsp3) is 0.294. The van der Waals surface area contributed by atoms with Gasteiger partial charge >= 0.3 is 0 Å². The van der Waals surface area contributed by atoms with E-state index in [0.717, 1.165) is 37.9 Å². The van der Waals surface area contributed by atoms with Crippen LogP contribution in [0.25, 0.3) is 0 Å². The third-order valence-electron chi connectivity index (χ3n) is 4.22. The number of carbonyl (C=O) groups is 2. The summed E-state index contributed by atoms with van der Waals surface area (Å²) in [7, 11) is 0. The summed E-state index contributed by atoms with van der Waals surface area (Å²) in [6, 6.07) is 9.07. The van der Waals surface area contributed by atoms with Crippen molar-refractivity contribution in [3.8, 4) is 0 Å². The number of rotatable bonds is 4. The highest BCUT2D eigenvalue weighted by Gasteiger charge is 2.26. The summed E-state index contributed by atoms with van der Waals surface area (Å²) in [5, 5.41) is 10.7. The van der Waals surface area contributed by atoms with Crippen molar-refractivity contribution < 1.29 is 9.59 Å². The molecule has 0 atom stereocenters. The van der Waals surface area contributed by atoms with Crippen molar-refractivity contribution in [3.63, 3.8) is 0 Å². The largest absolute Gasteiger partial charge is 0.371 e. The van der Waals surface area contributed by atoms with E-state index in [0.29, 0.717) is 15.9 Å². The van der Waals surface area contributed by atoms with Crippen LogP contribution < -0.4 is 10.2 Å². The molecule has 1 saturated heterocycles. The predicted molar refractivity (Wildman–Crippen MR) is 100 cm³/mol. The van der Waals surface area contributed by atoms with Gasteiger partial charge in [-0.15, -0.1) is 10.2 Å². The van der Waals surface area contributed by atoms with Gasteiger partial charge in [-0.2, -0.15) is 0 Å². The summed E-state index contributed by atoms with van der Waals surface area (Å²) < 4.78 is 0.605. The fourth-order valence-corrected chi connectivity index (χ4v) is 3.49. The number of hydrogen-bond acceptors (Lipinski definition) is 5. The molecule has 1 fully saturated rings. The third-order valence-corrected chi connectivity index (χ3v) is 5.01. The lowest BCUT2D eigenvalue weighted by molar-refractivity contribution is -0.120. The molecule has 6 nitrogen and oxygen atoms in total. The molecule has 0 spiro atoms. The summed E-state index contributed by atoms with van der Waals surface area (Å²) in [5.41, 5.74) is 1.73. The molecule has 1 amide bonds. The van der Waals surface area contributed by atoms with Gasteiger partial charge in [0, 0.05) is 30.3 Å². The predicted octanol–water partition coefficient (Wildman–Crippen LogP) is 3.56. The highest BCUT2D eigenvalue weighted by atomic mass is 79.9. The molecule has 0 saturated carbocycles. The molecule has 0 radical (unpaired) electrons. The molecule has 1 aromatic heterocycles. The van der Waals surface area contributed by atoms with Crippen molar-refractivity contribution in [2.45, 2.75) is 12.8 Å². The normalized spacial score (nSPS) is 15.0. The summed E-state index contributed by atoms with van der Waals surface area (Å²) in [6.45, 7) is 1.57. The van der Waals surface area contributed by atoms with Crippen LogP contribution in [0.4, 0.5) is 11.5 Å².